The molecule has 0 spiro atoms. The van der Waals surface area contributed by atoms with Crippen molar-refractivity contribution in [3.05, 3.63) is 112 Å². The molecule has 0 radical (unpaired) electrons. The molecule has 5 aliphatic rings. The number of fused-ring (bicyclic) bond motifs is 12. The topological polar surface area (TPSA) is 155 Å². The quantitative estimate of drug-likeness (QED) is 0.120. The van der Waals surface area contributed by atoms with E-state index in [-0.39, 0.29) is 55.5 Å². The highest BCUT2D eigenvalue weighted by Gasteiger charge is 2.57. The van der Waals surface area contributed by atoms with Crippen LogP contribution in [0.1, 0.15) is 83.3 Å². The number of piperazine rings is 1. The third kappa shape index (κ3) is 7.71. The van der Waals surface area contributed by atoms with E-state index in [1.54, 1.807) is 45.7 Å². The van der Waals surface area contributed by atoms with E-state index in [0.717, 1.165) is 33.4 Å². The molecule has 1 aliphatic carbocycles. The Bertz CT molecular complexity index is 2560. The molecule has 1 saturated heterocycles. The Labute approximate surface area is 385 Å². The van der Waals surface area contributed by atoms with Gasteiger partial charge in [0.1, 0.15) is 30.0 Å². The molecule has 0 aromatic heterocycles. The number of rotatable bonds is 12. The van der Waals surface area contributed by atoms with Crippen LogP contribution in [0.25, 0.3) is 11.1 Å². The summed E-state index contributed by atoms with van der Waals surface area (Å²) in [5, 5.41) is 29.3. The minimum atomic E-state index is -0.964. The Morgan fingerprint density at radius 2 is 1.72 bits per heavy atom. The van der Waals surface area contributed by atoms with Gasteiger partial charge in [-0.15, -0.1) is 0 Å². The zero-order valence-corrected chi connectivity index (χ0v) is 38.8. The lowest BCUT2D eigenvalue weighted by Crippen LogP contribution is -2.69. The van der Waals surface area contributed by atoms with Gasteiger partial charge in [0.2, 0.25) is 12.7 Å². The largest absolute Gasteiger partial charge is 0.504 e. The number of benzene rings is 4. The number of methoxy groups -OCH3 is 1. The number of hydrogen-bond donors (Lipinski definition) is 3. The number of hydrogen-bond acceptors (Lipinski definition) is 12. The van der Waals surface area contributed by atoms with Gasteiger partial charge >= 0.3 is 6.09 Å². The van der Waals surface area contributed by atoms with E-state index in [0.29, 0.717) is 41.6 Å². The van der Waals surface area contributed by atoms with Gasteiger partial charge in [0, 0.05) is 58.3 Å². The average molecular weight is 900 g/mol. The number of aryl methyl sites for hydroxylation is 1. The van der Waals surface area contributed by atoms with Crippen LogP contribution in [0.3, 0.4) is 0 Å². The summed E-state index contributed by atoms with van der Waals surface area (Å²) < 4.78 is 30.3. The molecule has 9 rings (SSSR count). The SMILES string of the molecule is C=CCOc1c(C)c2c(c3c1CC1[C@H]4c5c(cc(C)c(OC)c5O)C[C@@H]([C@H](C#N)N1[C@H]3CNC(=O)[C@@H](CSCC1c3ccccc3-c3ccccc31)NC(=O)OC(C)(C)C)N4C)OCO2. The zero-order chi connectivity index (χ0) is 45.9. The molecule has 4 aromatic carbocycles. The summed E-state index contributed by atoms with van der Waals surface area (Å²) in [4.78, 5) is 32.6. The van der Waals surface area contributed by atoms with Gasteiger partial charge in [0.15, 0.2) is 23.0 Å². The summed E-state index contributed by atoms with van der Waals surface area (Å²) in [6.07, 6.45) is 1.95. The number of carbonyl (C=O) groups is 2. The summed E-state index contributed by atoms with van der Waals surface area (Å²) in [5.74, 6) is 2.94. The molecule has 1 unspecified atom stereocenters. The number of phenolic OH excluding ortho intramolecular Hbond substituents is 1. The number of carbonyl (C=O) groups excluding carboxylic acids is 2. The van der Waals surface area contributed by atoms with Crippen LogP contribution in [0.15, 0.2) is 67.3 Å². The molecule has 2 bridgehead atoms. The maximum atomic E-state index is 14.8. The van der Waals surface area contributed by atoms with Gasteiger partial charge in [-0.05, 0) is 87.9 Å². The van der Waals surface area contributed by atoms with Crippen molar-refractivity contribution in [1.29, 1.82) is 5.26 Å². The van der Waals surface area contributed by atoms with Crippen LogP contribution in [0.4, 0.5) is 4.79 Å². The van der Waals surface area contributed by atoms with E-state index in [4.69, 9.17) is 23.7 Å². The van der Waals surface area contributed by atoms with Crippen molar-refractivity contribution in [2.75, 3.05) is 45.6 Å². The molecule has 1 fully saturated rings. The van der Waals surface area contributed by atoms with Crippen molar-refractivity contribution in [3.8, 4) is 45.9 Å². The number of ether oxygens (including phenoxy) is 5. The van der Waals surface area contributed by atoms with Crippen molar-refractivity contribution in [2.24, 2.45) is 0 Å². The summed E-state index contributed by atoms with van der Waals surface area (Å²) in [6.45, 7) is 13.4. The predicted molar refractivity (Wildman–Crippen MR) is 249 cm³/mol. The first-order valence-electron chi connectivity index (χ1n) is 22.3. The zero-order valence-electron chi connectivity index (χ0n) is 38.0. The molecule has 14 heteroatoms. The monoisotopic (exact) mass is 899 g/mol. The van der Waals surface area contributed by atoms with E-state index in [9.17, 15) is 20.0 Å². The number of amides is 2. The lowest BCUT2D eigenvalue weighted by atomic mass is 9.71. The van der Waals surface area contributed by atoms with Crippen LogP contribution in [0.2, 0.25) is 0 Å². The second kappa shape index (κ2) is 17.5. The molecule has 4 aliphatic heterocycles. The fraction of sp³-hybridized carbons (Fsp3) is 0.431. The van der Waals surface area contributed by atoms with E-state index in [2.05, 4.69) is 87.7 Å². The molecule has 4 heterocycles. The summed E-state index contributed by atoms with van der Waals surface area (Å²) >= 11 is 1.60. The van der Waals surface area contributed by atoms with Crippen LogP contribution in [0.5, 0.6) is 28.7 Å². The molecule has 2 amide bonds. The first-order chi connectivity index (χ1) is 31.3. The summed E-state index contributed by atoms with van der Waals surface area (Å²) in [5.41, 5.74) is 9.12. The number of likely N-dealkylation sites (N-methyl/N-ethyl adjacent to an activating group) is 1. The number of nitrogens with one attached hydrogen (secondary N) is 2. The smallest absolute Gasteiger partial charge is 0.408 e. The molecule has 6 atom stereocenters. The van der Waals surface area contributed by atoms with Crippen LogP contribution >= 0.6 is 11.8 Å². The molecule has 0 saturated carbocycles. The Balaban J connectivity index is 1.08. The Kier molecular flexibility index (Phi) is 11.9. The first kappa shape index (κ1) is 44.3. The number of phenols is 1. The number of nitriles is 1. The maximum Gasteiger partial charge on any atom is 0.408 e. The first-order valence-corrected chi connectivity index (χ1v) is 23.4. The third-order valence-corrected chi connectivity index (χ3v) is 14.8. The fourth-order valence-electron chi connectivity index (χ4n) is 11.1. The molecule has 65 heavy (non-hydrogen) atoms. The Morgan fingerprint density at radius 3 is 2.38 bits per heavy atom. The molecule has 340 valence electrons. The normalized spacial score (nSPS) is 22.0. The van der Waals surface area contributed by atoms with Gasteiger partial charge in [-0.3, -0.25) is 14.6 Å². The van der Waals surface area contributed by atoms with Crippen molar-refractivity contribution >= 4 is 23.8 Å². The van der Waals surface area contributed by atoms with Crippen LogP contribution in [0, 0.1) is 25.2 Å². The van der Waals surface area contributed by atoms with Crippen molar-refractivity contribution in [2.45, 2.75) is 95.2 Å². The minimum Gasteiger partial charge on any atom is -0.504 e. The average Bonchev–Trinajstić information content (AvgIpc) is 3.89. The van der Waals surface area contributed by atoms with Gasteiger partial charge in [-0.25, -0.2) is 4.79 Å². The van der Waals surface area contributed by atoms with Crippen LogP contribution in [-0.4, -0.2) is 102 Å². The number of thioether (sulfide) groups is 1. The lowest BCUT2D eigenvalue weighted by molar-refractivity contribution is -0.123. The third-order valence-electron chi connectivity index (χ3n) is 13.6. The highest BCUT2D eigenvalue weighted by Crippen LogP contribution is 2.58. The summed E-state index contributed by atoms with van der Waals surface area (Å²) in [7, 11) is 3.58. The molecular formula is C51H57N5O8S. The van der Waals surface area contributed by atoms with Crippen molar-refractivity contribution in [3.63, 3.8) is 0 Å². The van der Waals surface area contributed by atoms with Crippen LogP contribution < -0.4 is 29.6 Å². The van der Waals surface area contributed by atoms with E-state index in [1.165, 1.54) is 22.3 Å². The van der Waals surface area contributed by atoms with Crippen LogP contribution in [-0.2, 0) is 22.4 Å². The second-order valence-corrected chi connectivity index (χ2v) is 19.6. The Morgan fingerprint density at radius 1 is 1.03 bits per heavy atom. The number of nitrogens with zero attached hydrogens (tertiary/aromatic N) is 3. The van der Waals surface area contributed by atoms with Crippen molar-refractivity contribution < 1.29 is 38.4 Å². The molecular weight excluding hydrogens is 843 g/mol. The van der Waals surface area contributed by atoms with Gasteiger partial charge in [0.05, 0.1) is 25.3 Å². The van der Waals surface area contributed by atoms with E-state index < -0.39 is 35.7 Å². The molecule has 3 N–H and O–H groups in total. The van der Waals surface area contributed by atoms with Gasteiger partial charge in [0.25, 0.3) is 0 Å². The predicted octanol–water partition coefficient (Wildman–Crippen LogP) is 7.64. The van der Waals surface area contributed by atoms with Gasteiger partial charge in [-0.1, -0.05) is 67.3 Å². The minimum absolute atomic E-state index is 0.00113. The van der Waals surface area contributed by atoms with Gasteiger partial charge < -0.3 is 39.4 Å². The van der Waals surface area contributed by atoms with E-state index in [1.807, 2.05) is 20.9 Å². The fourth-order valence-corrected chi connectivity index (χ4v) is 12.3. The lowest BCUT2D eigenvalue weighted by Gasteiger charge is -2.60. The van der Waals surface area contributed by atoms with Crippen molar-refractivity contribution in [1.82, 2.24) is 20.4 Å². The number of alkyl carbamates (subject to hydrolysis) is 1. The Hall–Kier alpha value is -5.88. The maximum absolute atomic E-state index is 14.8. The highest BCUT2D eigenvalue weighted by atomic mass is 32.2. The standard InChI is InChI=1S/C51H57N5O8S/c1-9-18-61-46-28(3)47-48(63-26-62-47)42-34(46)21-38-43-41-29(19-27(2)45(60-8)44(41)57)20-37(55(43)7)39(22-52)56(38)40(42)23-53-49(58)36(54-50(59)64-51(4,5)6)25-65-24-35-32-16-12-10-14-30(32)31-15-11-13-17-33(31)35/h9-17,19,35-40,43,57H,1,18,20-21,23-26H2,2-8H3,(H,53,58)(H,54,59)/t36-,37+,38?,39+,40+,43+/m1/s1. The highest BCUT2D eigenvalue weighted by molar-refractivity contribution is 7.99. The van der Waals surface area contributed by atoms with Gasteiger partial charge in [-0.2, -0.15) is 17.0 Å². The summed E-state index contributed by atoms with van der Waals surface area (Å²) in [6, 6.07) is 18.4. The molecule has 4 aromatic rings. The van der Waals surface area contributed by atoms with E-state index >= 15 is 0 Å². The molecule has 13 nitrogen and oxygen atoms in total. The number of aromatic hydroxyl groups is 1. The second-order valence-electron chi connectivity index (χ2n) is 18.6.